The highest BCUT2D eigenvalue weighted by atomic mass is 32.1. The van der Waals surface area contributed by atoms with Crippen LogP contribution in [0.5, 0.6) is 0 Å². The fourth-order valence-corrected chi connectivity index (χ4v) is 5.70. The monoisotopic (exact) mass is 489 g/mol. The molecule has 0 amide bonds. The zero-order chi connectivity index (χ0) is 25.4. The zero-order valence-corrected chi connectivity index (χ0v) is 23.2. The van der Waals surface area contributed by atoms with E-state index in [0.29, 0.717) is 19.3 Å². The van der Waals surface area contributed by atoms with Gasteiger partial charge in [0.25, 0.3) is 0 Å². The van der Waals surface area contributed by atoms with Crippen LogP contribution in [0, 0.1) is 17.8 Å². The molecule has 0 aliphatic carbocycles. The van der Waals surface area contributed by atoms with Crippen LogP contribution in [0.3, 0.4) is 0 Å². The molecule has 3 heterocycles. The SMILES string of the molecule is CC(=Cc1csc(C)n1)C1(C)OC(=O)C(C)(C)CCC(=O)CCCCCCC2OC2(C)C1(C)C. The molecule has 2 fully saturated rings. The predicted octanol–water partition coefficient (Wildman–Crippen LogP) is 7.07. The van der Waals surface area contributed by atoms with E-state index in [2.05, 4.69) is 25.8 Å². The Morgan fingerprint density at radius 1 is 1.06 bits per heavy atom. The fraction of sp³-hybridized carbons (Fsp3) is 0.750. The summed E-state index contributed by atoms with van der Waals surface area (Å²) in [4.78, 5) is 30.6. The van der Waals surface area contributed by atoms with Crippen LogP contribution in [-0.4, -0.2) is 34.0 Å². The second-order valence-electron chi connectivity index (χ2n) is 11.8. The molecule has 0 saturated carbocycles. The summed E-state index contributed by atoms with van der Waals surface area (Å²) in [5.41, 5.74) is -0.736. The second kappa shape index (κ2) is 9.85. The summed E-state index contributed by atoms with van der Waals surface area (Å²) < 4.78 is 12.8. The lowest BCUT2D eigenvalue weighted by atomic mass is 9.62. The number of nitrogens with zero attached hydrogens (tertiary/aromatic N) is 1. The lowest BCUT2D eigenvalue weighted by molar-refractivity contribution is -0.181. The van der Waals surface area contributed by atoms with Gasteiger partial charge in [-0.2, -0.15) is 0 Å². The number of aromatic nitrogens is 1. The van der Waals surface area contributed by atoms with E-state index in [1.807, 2.05) is 46.1 Å². The first kappa shape index (κ1) is 27.1. The van der Waals surface area contributed by atoms with Crippen molar-refractivity contribution in [2.75, 3.05) is 0 Å². The zero-order valence-electron chi connectivity index (χ0n) is 22.4. The van der Waals surface area contributed by atoms with Gasteiger partial charge in [0.05, 0.1) is 22.2 Å². The number of fused-ring (bicyclic) bond motifs is 1. The molecule has 1 aromatic rings. The van der Waals surface area contributed by atoms with Gasteiger partial charge in [-0.05, 0) is 72.5 Å². The van der Waals surface area contributed by atoms with Crippen LogP contribution in [0.4, 0.5) is 0 Å². The summed E-state index contributed by atoms with van der Waals surface area (Å²) in [6.07, 6.45) is 8.85. The molecule has 3 rings (SSSR count). The third-order valence-electron chi connectivity index (χ3n) is 8.68. The summed E-state index contributed by atoms with van der Waals surface area (Å²) in [5, 5.41) is 3.03. The van der Waals surface area contributed by atoms with Crippen LogP contribution in [0.25, 0.3) is 6.08 Å². The molecule has 6 heteroatoms. The van der Waals surface area contributed by atoms with E-state index in [1.54, 1.807) is 11.3 Å². The number of cyclic esters (lactones) is 1. The second-order valence-corrected chi connectivity index (χ2v) is 12.8. The van der Waals surface area contributed by atoms with E-state index < -0.39 is 22.0 Å². The first-order valence-corrected chi connectivity index (χ1v) is 13.6. The topological polar surface area (TPSA) is 68.8 Å². The third kappa shape index (κ3) is 5.33. The highest BCUT2D eigenvalue weighted by Gasteiger charge is 2.68. The predicted molar refractivity (Wildman–Crippen MR) is 138 cm³/mol. The number of hydrogen-bond donors (Lipinski definition) is 0. The highest BCUT2D eigenvalue weighted by Crippen LogP contribution is 2.59. The van der Waals surface area contributed by atoms with Gasteiger partial charge < -0.3 is 9.47 Å². The molecule has 0 aromatic carbocycles. The van der Waals surface area contributed by atoms with E-state index in [0.717, 1.165) is 48.4 Å². The van der Waals surface area contributed by atoms with Crippen LogP contribution >= 0.6 is 11.3 Å². The Kier molecular flexibility index (Phi) is 7.84. The van der Waals surface area contributed by atoms with Gasteiger partial charge in [0.2, 0.25) is 0 Å². The molecule has 3 unspecified atom stereocenters. The molecule has 1 aromatic heterocycles. The summed E-state index contributed by atoms with van der Waals surface area (Å²) >= 11 is 1.61. The van der Waals surface area contributed by atoms with Crippen molar-refractivity contribution < 1.29 is 19.1 Å². The molecule has 0 bridgehead atoms. The van der Waals surface area contributed by atoms with Crippen molar-refractivity contribution >= 4 is 29.2 Å². The number of rotatable bonds is 2. The number of esters is 1. The lowest BCUT2D eigenvalue weighted by Gasteiger charge is -2.48. The van der Waals surface area contributed by atoms with E-state index in [-0.39, 0.29) is 17.9 Å². The van der Waals surface area contributed by atoms with Crippen LogP contribution in [0.2, 0.25) is 0 Å². The number of aryl methyl sites for hydroxylation is 1. The average Bonchev–Trinajstić information content (AvgIpc) is 3.26. The van der Waals surface area contributed by atoms with Crippen molar-refractivity contribution in [3.8, 4) is 0 Å². The van der Waals surface area contributed by atoms with Crippen LogP contribution in [0.15, 0.2) is 11.0 Å². The van der Waals surface area contributed by atoms with E-state index in [9.17, 15) is 9.59 Å². The molecule has 34 heavy (non-hydrogen) atoms. The summed E-state index contributed by atoms with van der Waals surface area (Å²) in [6.45, 7) is 16.3. The number of Topliss-reactive ketones (excluding diaryl/α,β-unsaturated/α-hetero) is 1. The molecule has 2 saturated heterocycles. The Hall–Kier alpha value is -1.53. The van der Waals surface area contributed by atoms with Gasteiger partial charge in [-0.3, -0.25) is 9.59 Å². The third-order valence-corrected chi connectivity index (χ3v) is 9.47. The smallest absolute Gasteiger partial charge is 0.312 e. The fourth-order valence-electron chi connectivity index (χ4n) is 5.13. The number of ketones is 1. The van der Waals surface area contributed by atoms with Crippen LogP contribution in [-0.2, 0) is 19.1 Å². The normalized spacial score (nSPS) is 33.2. The average molecular weight is 490 g/mol. The van der Waals surface area contributed by atoms with Gasteiger partial charge in [0.1, 0.15) is 17.0 Å². The van der Waals surface area contributed by atoms with E-state index in [4.69, 9.17) is 9.47 Å². The maximum absolute atomic E-state index is 13.6. The van der Waals surface area contributed by atoms with Crippen LogP contribution in [0.1, 0.15) is 111 Å². The lowest BCUT2D eigenvalue weighted by Crippen LogP contribution is -2.55. The van der Waals surface area contributed by atoms with Crippen molar-refractivity contribution in [2.24, 2.45) is 10.8 Å². The van der Waals surface area contributed by atoms with Gasteiger partial charge in [0.15, 0.2) is 0 Å². The Labute approximate surface area is 209 Å². The molecule has 5 nitrogen and oxygen atoms in total. The number of thiazole rings is 1. The standard InChI is InChI=1S/C28H43NO4S/c1-19(17-21-18-34-20(2)29-21)27(7)26(5,6)28(8)23(32-28)14-12-10-9-11-13-22(30)15-16-25(3,4)24(31)33-27/h17-18,23H,9-16H2,1-8H3. The van der Waals surface area contributed by atoms with Crippen molar-refractivity contribution in [1.82, 2.24) is 4.98 Å². The van der Waals surface area contributed by atoms with Crippen molar-refractivity contribution in [3.05, 3.63) is 21.7 Å². The van der Waals surface area contributed by atoms with E-state index >= 15 is 0 Å². The van der Waals surface area contributed by atoms with Crippen LogP contribution < -0.4 is 0 Å². The Morgan fingerprint density at radius 2 is 1.74 bits per heavy atom. The maximum Gasteiger partial charge on any atom is 0.312 e. The molecule has 0 N–H and O–H groups in total. The van der Waals surface area contributed by atoms with Gasteiger partial charge in [-0.15, -0.1) is 11.3 Å². The Morgan fingerprint density at radius 3 is 2.38 bits per heavy atom. The molecule has 190 valence electrons. The Balaban J connectivity index is 2.00. The van der Waals surface area contributed by atoms with Crippen molar-refractivity contribution in [3.63, 3.8) is 0 Å². The molecule has 2 aliphatic heterocycles. The minimum absolute atomic E-state index is 0.136. The number of ether oxygens (including phenoxy) is 2. The number of carbonyl (C=O) groups is 2. The first-order valence-electron chi connectivity index (χ1n) is 12.8. The van der Waals surface area contributed by atoms with Gasteiger partial charge in [0, 0.05) is 23.6 Å². The van der Waals surface area contributed by atoms with Gasteiger partial charge in [-0.1, -0.05) is 33.1 Å². The summed E-state index contributed by atoms with van der Waals surface area (Å²) in [5.74, 6) is -0.0323. The van der Waals surface area contributed by atoms with Gasteiger partial charge in [-0.25, -0.2) is 4.98 Å². The molecular formula is C28H43NO4S. The molecule has 2 aliphatic rings. The first-order chi connectivity index (χ1) is 15.7. The van der Waals surface area contributed by atoms with Crippen molar-refractivity contribution in [2.45, 2.75) is 124 Å². The molecule has 0 spiro atoms. The largest absolute Gasteiger partial charge is 0.454 e. The minimum atomic E-state index is -0.913. The summed E-state index contributed by atoms with van der Waals surface area (Å²) in [6, 6.07) is 0. The maximum atomic E-state index is 13.6. The number of epoxide rings is 1. The summed E-state index contributed by atoms with van der Waals surface area (Å²) in [7, 11) is 0. The molecule has 3 atom stereocenters. The number of hydrogen-bond acceptors (Lipinski definition) is 6. The minimum Gasteiger partial charge on any atom is -0.454 e. The Bertz CT molecular complexity index is 946. The van der Waals surface area contributed by atoms with E-state index in [1.165, 1.54) is 0 Å². The highest BCUT2D eigenvalue weighted by molar-refractivity contribution is 7.09. The molecular weight excluding hydrogens is 446 g/mol. The molecule has 0 radical (unpaired) electrons. The van der Waals surface area contributed by atoms with Crippen molar-refractivity contribution in [1.29, 1.82) is 0 Å². The quantitative estimate of drug-likeness (QED) is 0.328. The van der Waals surface area contributed by atoms with Gasteiger partial charge >= 0.3 is 5.97 Å². The number of carbonyl (C=O) groups excluding carboxylic acids is 2.